The van der Waals surface area contributed by atoms with Crippen molar-refractivity contribution in [1.29, 1.82) is 0 Å². The predicted octanol–water partition coefficient (Wildman–Crippen LogP) is 8.45. The van der Waals surface area contributed by atoms with Gasteiger partial charge in [-0.15, -0.1) is 0 Å². The normalized spacial score (nSPS) is 15.9. The lowest BCUT2D eigenvalue weighted by molar-refractivity contribution is 0.362. The molecule has 2 heterocycles. The van der Waals surface area contributed by atoms with Gasteiger partial charge in [0.1, 0.15) is 24.7 Å². The number of rotatable bonds is 8. The van der Waals surface area contributed by atoms with Gasteiger partial charge in [-0.05, 0) is 58.7 Å². The minimum Gasteiger partial charge on any atom is -0.490 e. The van der Waals surface area contributed by atoms with Gasteiger partial charge in [-0.3, -0.25) is 0 Å². The number of para-hydroxylation sites is 2. The van der Waals surface area contributed by atoms with Crippen LogP contribution in [-0.2, 0) is 0 Å². The van der Waals surface area contributed by atoms with Gasteiger partial charge in [-0.1, -0.05) is 86.0 Å². The molecule has 2 N–H and O–H groups in total. The summed E-state index contributed by atoms with van der Waals surface area (Å²) in [5.41, 5.74) is 9.63. The molecule has 196 valence electrons. The summed E-state index contributed by atoms with van der Waals surface area (Å²) in [6, 6.07) is 34.1. The molecule has 40 heavy (non-hydrogen) atoms. The summed E-state index contributed by atoms with van der Waals surface area (Å²) in [5, 5.41) is 2.46. The molecule has 1 aliphatic carbocycles. The molecule has 2 atom stereocenters. The first-order chi connectivity index (χ1) is 19.8. The van der Waals surface area contributed by atoms with Crippen molar-refractivity contribution in [2.24, 2.45) is 0 Å². The maximum absolute atomic E-state index is 5.97. The molecular weight excluding hydrogens is 492 g/mol. The predicted molar refractivity (Wildman–Crippen MR) is 163 cm³/mol. The van der Waals surface area contributed by atoms with Crippen LogP contribution in [0.15, 0.2) is 122 Å². The minimum atomic E-state index is -0.00252. The largest absolute Gasteiger partial charge is 0.490 e. The summed E-state index contributed by atoms with van der Waals surface area (Å²) in [4.78, 5) is 7.71. The van der Waals surface area contributed by atoms with Crippen molar-refractivity contribution in [2.45, 2.75) is 11.8 Å². The highest BCUT2D eigenvalue weighted by atomic mass is 16.5. The first-order valence-electron chi connectivity index (χ1n) is 13.6. The number of fused-ring (bicyclic) bond motifs is 6. The number of H-pyrrole nitrogens is 2. The second-order valence-electron chi connectivity index (χ2n) is 10.2. The van der Waals surface area contributed by atoms with E-state index in [2.05, 4.69) is 108 Å². The molecule has 7 rings (SSSR count). The third kappa shape index (κ3) is 3.92. The molecule has 0 aliphatic heterocycles. The van der Waals surface area contributed by atoms with E-state index in [1.54, 1.807) is 12.2 Å². The highest BCUT2D eigenvalue weighted by Gasteiger charge is 2.39. The van der Waals surface area contributed by atoms with Gasteiger partial charge < -0.3 is 19.4 Å². The van der Waals surface area contributed by atoms with Gasteiger partial charge in [0.05, 0.1) is 11.8 Å². The summed E-state index contributed by atoms with van der Waals surface area (Å²) in [6.45, 7) is 8.56. The summed E-state index contributed by atoms with van der Waals surface area (Å²) >= 11 is 0. The van der Waals surface area contributed by atoms with E-state index in [0.29, 0.717) is 13.2 Å². The van der Waals surface area contributed by atoms with Crippen molar-refractivity contribution in [3.8, 4) is 11.5 Å². The topological polar surface area (TPSA) is 50.0 Å². The first kappa shape index (κ1) is 24.1. The number of aromatic nitrogens is 2. The second kappa shape index (κ2) is 9.97. The van der Waals surface area contributed by atoms with Gasteiger partial charge in [0.15, 0.2) is 0 Å². The summed E-state index contributed by atoms with van der Waals surface area (Å²) in [7, 11) is 0. The Balaban J connectivity index is 1.52. The van der Waals surface area contributed by atoms with Crippen molar-refractivity contribution < 1.29 is 9.47 Å². The third-order valence-corrected chi connectivity index (χ3v) is 7.83. The fourth-order valence-corrected chi connectivity index (χ4v) is 6.28. The van der Waals surface area contributed by atoms with Crippen molar-refractivity contribution in [3.05, 3.63) is 156 Å². The average Bonchev–Trinajstić information content (AvgIpc) is 3.57. The van der Waals surface area contributed by atoms with Gasteiger partial charge in [0.25, 0.3) is 0 Å². The fraction of sp³-hybridized carbons (Fsp3) is 0.111. The van der Waals surface area contributed by atoms with E-state index >= 15 is 0 Å². The molecule has 6 aromatic rings. The van der Waals surface area contributed by atoms with E-state index in [1.165, 1.54) is 44.4 Å². The van der Waals surface area contributed by atoms with Crippen molar-refractivity contribution >= 4 is 21.8 Å². The van der Waals surface area contributed by atoms with E-state index in [0.717, 1.165) is 22.5 Å². The summed E-state index contributed by atoms with van der Waals surface area (Å²) in [6.07, 6.45) is 3.55. The Labute approximate surface area is 233 Å². The second-order valence-corrected chi connectivity index (χ2v) is 10.2. The zero-order valence-electron chi connectivity index (χ0n) is 22.2. The Bertz CT molecular complexity index is 1740. The molecule has 0 amide bonds. The molecule has 0 saturated heterocycles. The number of ether oxygens (including phenoxy) is 2. The molecule has 0 bridgehead atoms. The zero-order valence-corrected chi connectivity index (χ0v) is 22.2. The Hall–Kier alpha value is -4.96. The van der Waals surface area contributed by atoms with Crippen LogP contribution in [0, 0.1) is 0 Å². The smallest absolute Gasteiger partial charge is 0.120 e. The SMILES string of the molecule is C=CCOc1cccc(C2c3[nH]c4ccccc4c3C(c3cccc(OCC=C)c3)c3[nH]c4ccccc4c32)c1. The summed E-state index contributed by atoms with van der Waals surface area (Å²) in [5.74, 6) is 1.67. The Morgan fingerprint density at radius 3 is 1.48 bits per heavy atom. The molecule has 4 aromatic carbocycles. The van der Waals surface area contributed by atoms with Crippen LogP contribution in [0.1, 0.15) is 45.5 Å². The van der Waals surface area contributed by atoms with Crippen LogP contribution < -0.4 is 9.47 Å². The number of hydrogen-bond acceptors (Lipinski definition) is 2. The molecular formula is C36H30N2O2. The molecule has 4 heteroatoms. The van der Waals surface area contributed by atoms with Crippen LogP contribution in [0.2, 0.25) is 0 Å². The third-order valence-electron chi connectivity index (χ3n) is 7.83. The van der Waals surface area contributed by atoms with Gasteiger partial charge in [-0.25, -0.2) is 0 Å². The number of hydrogen-bond donors (Lipinski definition) is 2. The molecule has 1 aliphatic rings. The highest BCUT2D eigenvalue weighted by molar-refractivity contribution is 5.93. The average molecular weight is 523 g/mol. The summed E-state index contributed by atoms with van der Waals surface area (Å²) < 4.78 is 11.9. The van der Waals surface area contributed by atoms with E-state index in [9.17, 15) is 0 Å². The van der Waals surface area contributed by atoms with Gasteiger partial charge in [-0.2, -0.15) is 0 Å². The quantitative estimate of drug-likeness (QED) is 0.197. The highest BCUT2D eigenvalue weighted by Crippen LogP contribution is 2.53. The lowest BCUT2D eigenvalue weighted by Crippen LogP contribution is -2.19. The van der Waals surface area contributed by atoms with Gasteiger partial charge in [0.2, 0.25) is 0 Å². The number of benzene rings is 4. The maximum atomic E-state index is 5.97. The molecule has 0 radical (unpaired) electrons. The molecule has 2 aromatic heterocycles. The Morgan fingerprint density at radius 1 is 0.575 bits per heavy atom. The number of aromatic amines is 2. The van der Waals surface area contributed by atoms with Crippen LogP contribution in [0.25, 0.3) is 21.8 Å². The monoisotopic (exact) mass is 522 g/mol. The molecule has 2 unspecified atom stereocenters. The fourth-order valence-electron chi connectivity index (χ4n) is 6.28. The van der Waals surface area contributed by atoms with E-state index in [-0.39, 0.29) is 11.8 Å². The lowest BCUT2D eigenvalue weighted by Gasteiger charge is -2.31. The van der Waals surface area contributed by atoms with E-state index in [1.807, 2.05) is 12.1 Å². The molecule has 4 nitrogen and oxygen atoms in total. The lowest BCUT2D eigenvalue weighted by atomic mass is 9.72. The van der Waals surface area contributed by atoms with Crippen LogP contribution >= 0.6 is 0 Å². The Morgan fingerprint density at radius 2 is 1.02 bits per heavy atom. The standard InChI is InChI=1S/C36H30N2O2/c1-3-19-39-25-13-9-11-23(21-25)31-33-27-15-5-7-17-29(27)38-36(33)32(24-12-10-14-26(22-24)40-20-4-2)34-28-16-6-8-18-30(28)37-35(31)34/h3-18,21-22,31-32,37-38H,1-2,19-20H2. The molecule has 0 saturated carbocycles. The van der Waals surface area contributed by atoms with Gasteiger partial charge in [0, 0.05) is 33.2 Å². The van der Waals surface area contributed by atoms with Gasteiger partial charge >= 0.3 is 0 Å². The molecule has 0 fully saturated rings. The van der Waals surface area contributed by atoms with Crippen LogP contribution in [0.3, 0.4) is 0 Å². The minimum absolute atomic E-state index is 0.00252. The van der Waals surface area contributed by atoms with Crippen LogP contribution in [-0.4, -0.2) is 23.2 Å². The van der Waals surface area contributed by atoms with E-state index in [4.69, 9.17) is 9.47 Å². The van der Waals surface area contributed by atoms with Crippen LogP contribution in [0.5, 0.6) is 11.5 Å². The van der Waals surface area contributed by atoms with Crippen molar-refractivity contribution in [3.63, 3.8) is 0 Å². The van der Waals surface area contributed by atoms with Crippen molar-refractivity contribution in [1.82, 2.24) is 9.97 Å². The van der Waals surface area contributed by atoms with Crippen molar-refractivity contribution in [2.75, 3.05) is 13.2 Å². The molecule has 0 spiro atoms. The Kier molecular flexibility index (Phi) is 6.01. The zero-order chi connectivity index (χ0) is 27.1. The van der Waals surface area contributed by atoms with E-state index < -0.39 is 0 Å². The maximum Gasteiger partial charge on any atom is 0.120 e. The first-order valence-corrected chi connectivity index (χ1v) is 13.6. The van der Waals surface area contributed by atoms with Crippen LogP contribution in [0.4, 0.5) is 0 Å². The number of nitrogens with one attached hydrogen (secondary N) is 2.